The van der Waals surface area contributed by atoms with Gasteiger partial charge in [0.15, 0.2) is 10.9 Å². The normalized spacial score (nSPS) is 13.8. The molecule has 2 aromatic heterocycles. The predicted octanol–water partition coefficient (Wildman–Crippen LogP) is 3.15. The van der Waals surface area contributed by atoms with Crippen LogP contribution in [0, 0.1) is 5.92 Å². The molecule has 6 nitrogen and oxygen atoms in total. The molecule has 1 aromatic carbocycles. The number of para-hydroxylation sites is 1. The van der Waals surface area contributed by atoms with Gasteiger partial charge in [0.1, 0.15) is 0 Å². The molecule has 1 aliphatic rings. The summed E-state index contributed by atoms with van der Waals surface area (Å²) in [4.78, 5) is 12.0. The van der Waals surface area contributed by atoms with Crippen molar-refractivity contribution in [2.24, 2.45) is 5.92 Å². The topological polar surface area (TPSA) is 73.0 Å². The molecule has 0 saturated heterocycles. The Hall–Kier alpha value is -2.54. The van der Waals surface area contributed by atoms with Gasteiger partial charge in [-0.2, -0.15) is 0 Å². The number of hydrogen-bond donors (Lipinski definition) is 1. The number of carbonyl (C=O) groups excluding carboxylic acids is 1. The van der Waals surface area contributed by atoms with Gasteiger partial charge in [-0.15, -0.1) is 10.2 Å². The molecule has 128 valence electrons. The molecule has 3 aromatic rings. The predicted molar refractivity (Wildman–Crippen MR) is 95.5 cm³/mol. The van der Waals surface area contributed by atoms with Crippen LogP contribution in [0.15, 0.2) is 58.3 Å². The number of nitrogens with zero attached hydrogens (tertiary/aromatic N) is 3. The molecule has 25 heavy (non-hydrogen) atoms. The van der Waals surface area contributed by atoms with Crippen molar-refractivity contribution in [2.75, 3.05) is 12.3 Å². The molecule has 0 atom stereocenters. The maximum absolute atomic E-state index is 12.0. The molecule has 1 saturated carbocycles. The number of aromatic nitrogens is 3. The van der Waals surface area contributed by atoms with Gasteiger partial charge in [-0.1, -0.05) is 30.0 Å². The molecule has 2 heterocycles. The highest BCUT2D eigenvalue weighted by molar-refractivity contribution is 7.99. The minimum atomic E-state index is 0.0269. The summed E-state index contributed by atoms with van der Waals surface area (Å²) in [5.74, 6) is 2.28. The van der Waals surface area contributed by atoms with Gasteiger partial charge in [0.2, 0.25) is 11.7 Å². The number of carbonyl (C=O) groups is 1. The van der Waals surface area contributed by atoms with E-state index in [4.69, 9.17) is 4.42 Å². The van der Waals surface area contributed by atoms with Gasteiger partial charge in [-0.05, 0) is 43.0 Å². The Kier molecular flexibility index (Phi) is 4.56. The lowest BCUT2D eigenvalue weighted by Gasteiger charge is -2.09. The van der Waals surface area contributed by atoms with E-state index in [-0.39, 0.29) is 5.91 Å². The van der Waals surface area contributed by atoms with Crippen molar-refractivity contribution in [1.82, 2.24) is 20.1 Å². The maximum atomic E-state index is 12.0. The first-order chi connectivity index (χ1) is 12.3. The lowest BCUT2D eigenvalue weighted by atomic mass is 10.3. The van der Waals surface area contributed by atoms with Gasteiger partial charge in [0.05, 0.1) is 12.0 Å². The van der Waals surface area contributed by atoms with Gasteiger partial charge in [-0.25, -0.2) is 0 Å². The Morgan fingerprint density at radius 1 is 1.20 bits per heavy atom. The van der Waals surface area contributed by atoms with Crippen LogP contribution in [0.3, 0.4) is 0 Å². The second-order valence-electron chi connectivity index (χ2n) is 5.99. The molecule has 1 aliphatic carbocycles. The molecule has 0 bridgehead atoms. The van der Waals surface area contributed by atoms with Gasteiger partial charge in [0.25, 0.3) is 0 Å². The summed E-state index contributed by atoms with van der Waals surface area (Å²) in [6.07, 6.45) is 4.06. The van der Waals surface area contributed by atoms with Gasteiger partial charge >= 0.3 is 0 Å². The van der Waals surface area contributed by atoms with Crippen molar-refractivity contribution < 1.29 is 9.21 Å². The number of benzene rings is 1. The Morgan fingerprint density at radius 2 is 2.04 bits per heavy atom. The van der Waals surface area contributed by atoms with Gasteiger partial charge < -0.3 is 9.73 Å². The fraction of sp³-hybridized carbons (Fsp3) is 0.278. The van der Waals surface area contributed by atoms with Crippen molar-refractivity contribution >= 4 is 17.7 Å². The number of thioether (sulfide) groups is 1. The van der Waals surface area contributed by atoms with Crippen LogP contribution in [-0.2, 0) is 4.79 Å². The summed E-state index contributed by atoms with van der Waals surface area (Å²) >= 11 is 1.38. The number of amides is 1. The van der Waals surface area contributed by atoms with E-state index in [1.165, 1.54) is 24.6 Å². The van der Waals surface area contributed by atoms with Crippen LogP contribution in [0.25, 0.3) is 17.3 Å². The minimum Gasteiger partial charge on any atom is -0.461 e. The molecule has 1 amide bonds. The van der Waals surface area contributed by atoms with Crippen LogP contribution in [0.1, 0.15) is 12.8 Å². The molecule has 0 spiro atoms. The second kappa shape index (κ2) is 7.14. The number of furan rings is 1. The first-order valence-electron chi connectivity index (χ1n) is 8.25. The quantitative estimate of drug-likeness (QED) is 0.660. The monoisotopic (exact) mass is 354 g/mol. The van der Waals surface area contributed by atoms with Gasteiger partial charge in [0, 0.05) is 12.2 Å². The zero-order chi connectivity index (χ0) is 17.1. The SMILES string of the molecule is O=C(CSc1nnc(-c2ccco2)n1-c1ccccc1)NCC1CC1. The van der Waals surface area contributed by atoms with E-state index in [0.717, 1.165) is 12.2 Å². The highest BCUT2D eigenvalue weighted by Gasteiger charge is 2.22. The molecule has 1 fully saturated rings. The Morgan fingerprint density at radius 3 is 2.76 bits per heavy atom. The lowest BCUT2D eigenvalue weighted by molar-refractivity contribution is -0.118. The Bertz CT molecular complexity index is 841. The van der Waals surface area contributed by atoms with E-state index >= 15 is 0 Å². The van der Waals surface area contributed by atoms with E-state index in [0.29, 0.717) is 28.4 Å². The van der Waals surface area contributed by atoms with Crippen LogP contribution < -0.4 is 5.32 Å². The summed E-state index contributed by atoms with van der Waals surface area (Å²) in [5.41, 5.74) is 0.930. The highest BCUT2D eigenvalue weighted by Crippen LogP contribution is 2.29. The summed E-state index contributed by atoms with van der Waals surface area (Å²) < 4.78 is 7.39. The number of nitrogens with one attached hydrogen (secondary N) is 1. The van der Waals surface area contributed by atoms with Crippen LogP contribution in [-0.4, -0.2) is 33.0 Å². The summed E-state index contributed by atoms with van der Waals surface area (Å²) in [6.45, 7) is 0.780. The molecule has 7 heteroatoms. The second-order valence-corrected chi connectivity index (χ2v) is 6.93. The third kappa shape index (κ3) is 3.76. The van der Waals surface area contributed by atoms with Crippen LogP contribution in [0.5, 0.6) is 0 Å². The van der Waals surface area contributed by atoms with Crippen molar-refractivity contribution in [3.63, 3.8) is 0 Å². The smallest absolute Gasteiger partial charge is 0.230 e. The molecule has 1 N–H and O–H groups in total. The van der Waals surface area contributed by atoms with Gasteiger partial charge in [-0.3, -0.25) is 9.36 Å². The van der Waals surface area contributed by atoms with E-state index in [1.54, 1.807) is 6.26 Å². The summed E-state index contributed by atoms with van der Waals surface area (Å²) in [6, 6.07) is 13.5. The average molecular weight is 354 g/mol. The fourth-order valence-corrected chi connectivity index (χ4v) is 3.28. The van der Waals surface area contributed by atoms with Crippen LogP contribution in [0.4, 0.5) is 0 Å². The third-order valence-electron chi connectivity index (χ3n) is 4.01. The third-order valence-corrected chi connectivity index (χ3v) is 4.94. The number of hydrogen-bond acceptors (Lipinski definition) is 5. The summed E-state index contributed by atoms with van der Waals surface area (Å²) in [7, 11) is 0. The highest BCUT2D eigenvalue weighted by atomic mass is 32.2. The van der Waals surface area contributed by atoms with E-state index in [1.807, 2.05) is 47.0 Å². The van der Waals surface area contributed by atoms with Crippen LogP contribution in [0.2, 0.25) is 0 Å². The standard InChI is InChI=1S/C18H18N4O2S/c23-16(19-11-13-8-9-13)12-25-18-21-20-17(15-7-4-10-24-15)22(18)14-5-2-1-3-6-14/h1-7,10,13H,8-9,11-12H2,(H,19,23). The molecule has 0 unspecified atom stereocenters. The van der Waals surface area contributed by atoms with E-state index < -0.39 is 0 Å². The zero-order valence-electron chi connectivity index (χ0n) is 13.6. The largest absolute Gasteiger partial charge is 0.461 e. The molecule has 0 radical (unpaired) electrons. The Balaban J connectivity index is 1.55. The van der Waals surface area contributed by atoms with E-state index in [2.05, 4.69) is 15.5 Å². The van der Waals surface area contributed by atoms with Crippen LogP contribution >= 0.6 is 11.8 Å². The zero-order valence-corrected chi connectivity index (χ0v) is 14.4. The first kappa shape index (κ1) is 16.0. The average Bonchev–Trinajstić information content (AvgIpc) is 3.14. The number of rotatable bonds is 7. The van der Waals surface area contributed by atoms with E-state index in [9.17, 15) is 4.79 Å². The summed E-state index contributed by atoms with van der Waals surface area (Å²) in [5, 5.41) is 12.2. The first-order valence-corrected chi connectivity index (χ1v) is 9.24. The minimum absolute atomic E-state index is 0.0269. The molecule has 0 aliphatic heterocycles. The molecular weight excluding hydrogens is 336 g/mol. The van der Waals surface area contributed by atoms with Crippen molar-refractivity contribution in [3.8, 4) is 17.3 Å². The van der Waals surface area contributed by atoms with Crippen molar-refractivity contribution in [2.45, 2.75) is 18.0 Å². The van der Waals surface area contributed by atoms with Crippen molar-refractivity contribution in [3.05, 3.63) is 48.7 Å². The molecular formula is C18H18N4O2S. The fourth-order valence-electron chi connectivity index (χ4n) is 2.50. The maximum Gasteiger partial charge on any atom is 0.230 e. The Labute approximate surface area is 149 Å². The molecule has 4 rings (SSSR count). The van der Waals surface area contributed by atoms with Crippen molar-refractivity contribution in [1.29, 1.82) is 0 Å². The lowest BCUT2D eigenvalue weighted by Crippen LogP contribution is -2.27.